The molecule has 1 N–H and O–H groups in total. The van der Waals surface area contributed by atoms with E-state index >= 15 is 0 Å². The fraction of sp³-hybridized carbons (Fsp3) is 1.00. The third-order valence-electron chi connectivity index (χ3n) is 0.841. The standard InChI is InChI=1S/C4H6F4O/c1-3(5,6)4(7,8)2-9/h9H,2H2,1H3. The van der Waals surface area contributed by atoms with E-state index in [4.69, 9.17) is 5.11 Å². The summed E-state index contributed by atoms with van der Waals surface area (Å²) in [4.78, 5) is 0. The Bertz CT molecular complexity index is 95.2. The summed E-state index contributed by atoms with van der Waals surface area (Å²) >= 11 is 0. The zero-order valence-corrected chi connectivity index (χ0v) is 4.67. The minimum Gasteiger partial charge on any atom is -0.390 e. The lowest BCUT2D eigenvalue weighted by Gasteiger charge is -2.19. The number of aliphatic hydroxyl groups excluding tert-OH is 1. The third-order valence-corrected chi connectivity index (χ3v) is 0.841. The summed E-state index contributed by atoms with van der Waals surface area (Å²) < 4.78 is 46.5. The molecule has 0 saturated carbocycles. The zero-order valence-electron chi connectivity index (χ0n) is 4.67. The summed E-state index contributed by atoms with van der Waals surface area (Å²) in [5.74, 6) is -8.44. The minimum atomic E-state index is -4.30. The van der Waals surface area contributed by atoms with Gasteiger partial charge in [0.05, 0.1) is 0 Å². The monoisotopic (exact) mass is 146 g/mol. The van der Waals surface area contributed by atoms with Crippen molar-refractivity contribution in [3.8, 4) is 0 Å². The topological polar surface area (TPSA) is 20.2 Å². The van der Waals surface area contributed by atoms with Crippen LogP contribution in [0, 0.1) is 0 Å². The molecule has 5 heteroatoms. The number of rotatable bonds is 2. The predicted molar refractivity (Wildman–Crippen MR) is 22.7 cm³/mol. The SMILES string of the molecule is CC(F)(F)C(F)(F)CO. The lowest BCUT2D eigenvalue weighted by atomic mass is 10.2. The fourth-order valence-corrected chi connectivity index (χ4v) is 0.139. The molecule has 0 spiro atoms. The molecule has 0 rings (SSSR count). The Balaban J connectivity index is 4.14. The number of hydrogen-bond donors (Lipinski definition) is 1. The van der Waals surface area contributed by atoms with E-state index in [1.165, 1.54) is 0 Å². The Labute approximate surface area is 49.3 Å². The van der Waals surface area contributed by atoms with Crippen molar-refractivity contribution in [2.45, 2.75) is 18.8 Å². The van der Waals surface area contributed by atoms with Gasteiger partial charge in [0.15, 0.2) is 0 Å². The van der Waals surface area contributed by atoms with E-state index in [1.54, 1.807) is 0 Å². The van der Waals surface area contributed by atoms with Gasteiger partial charge in [0.1, 0.15) is 6.61 Å². The molecule has 0 fully saturated rings. The second-order valence-electron chi connectivity index (χ2n) is 1.75. The molecule has 0 unspecified atom stereocenters. The number of halogens is 4. The van der Waals surface area contributed by atoms with Gasteiger partial charge in [-0.15, -0.1) is 0 Å². The smallest absolute Gasteiger partial charge is 0.332 e. The molecule has 0 amide bonds. The normalized spacial score (nSPS) is 14.0. The Morgan fingerprint density at radius 3 is 1.56 bits per heavy atom. The van der Waals surface area contributed by atoms with Crippen LogP contribution in [0.15, 0.2) is 0 Å². The molecule has 0 aromatic heterocycles. The van der Waals surface area contributed by atoms with Crippen LogP contribution in [0.1, 0.15) is 6.92 Å². The van der Waals surface area contributed by atoms with Gasteiger partial charge >= 0.3 is 11.8 Å². The average molecular weight is 146 g/mol. The molecule has 1 nitrogen and oxygen atoms in total. The summed E-state index contributed by atoms with van der Waals surface area (Å²) in [7, 11) is 0. The molecular weight excluding hydrogens is 140 g/mol. The van der Waals surface area contributed by atoms with Gasteiger partial charge in [-0.3, -0.25) is 0 Å². The average Bonchev–Trinajstić information content (AvgIpc) is 1.64. The summed E-state index contributed by atoms with van der Waals surface area (Å²) in [5, 5.41) is 7.70. The second kappa shape index (κ2) is 2.13. The highest BCUT2D eigenvalue weighted by molar-refractivity contribution is 4.78. The van der Waals surface area contributed by atoms with Crippen LogP contribution in [0.2, 0.25) is 0 Å². The van der Waals surface area contributed by atoms with Gasteiger partial charge in [-0.25, -0.2) is 8.78 Å². The predicted octanol–water partition coefficient (Wildman–Crippen LogP) is 1.27. The lowest BCUT2D eigenvalue weighted by Crippen LogP contribution is -2.40. The van der Waals surface area contributed by atoms with Gasteiger partial charge < -0.3 is 5.11 Å². The quantitative estimate of drug-likeness (QED) is 0.581. The first kappa shape index (κ1) is 8.68. The van der Waals surface area contributed by atoms with Gasteiger partial charge in [0.2, 0.25) is 0 Å². The highest BCUT2D eigenvalue weighted by Gasteiger charge is 2.51. The van der Waals surface area contributed by atoms with E-state index in [0.29, 0.717) is 0 Å². The van der Waals surface area contributed by atoms with E-state index in [1.807, 2.05) is 0 Å². The molecule has 0 atom stereocenters. The molecule has 0 bridgehead atoms. The van der Waals surface area contributed by atoms with Crippen LogP contribution in [0.25, 0.3) is 0 Å². The maximum atomic E-state index is 11.7. The zero-order chi connectivity index (χ0) is 7.71. The summed E-state index contributed by atoms with van der Waals surface area (Å²) in [6, 6.07) is 0. The molecule has 0 heterocycles. The molecule has 0 aliphatic rings. The lowest BCUT2D eigenvalue weighted by molar-refractivity contribution is -0.214. The number of alkyl halides is 4. The van der Waals surface area contributed by atoms with Crippen molar-refractivity contribution in [1.29, 1.82) is 0 Å². The van der Waals surface area contributed by atoms with Gasteiger partial charge in [-0.05, 0) is 0 Å². The van der Waals surface area contributed by atoms with Crippen LogP contribution >= 0.6 is 0 Å². The maximum Gasteiger partial charge on any atom is 0.332 e. The molecule has 0 aromatic carbocycles. The van der Waals surface area contributed by atoms with Crippen LogP contribution in [0.3, 0.4) is 0 Å². The van der Waals surface area contributed by atoms with Crippen molar-refractivity contribution in [1.82, 2.24) is 0 Å². The largest absolute Gasteiger partial charge is 0.390 e. The van der Waals surface area contributed by atoms with E-state index in [-0.39, 0.29) is 6.92 Å². The highest BCUT2D eigenvalue weighted by atomic mass is 19.3. The first-order valence-electron chi connectivity index (χ1n) is 2.18. The van der Waals surface area contributed by atoms with Gasteiger partial charge in [-0.2, -0.15) is 8.78 Å². The van der Waals surface area contributed by atoms with Gasteiger partial charge in [0, 0.05) is 6.92 Å². The van der Waals surface area contributed by atoms with Crippen molar-refractivity contribution in [3.05, 3.63) is 0 Å². The maximum absolute atomic E-state index is 11.7. The summed E-state index contributed by atoms with van der Waals surface area (Å²) in [6.45, 7) is -1.76. The van der Waals surface area contributed by atoms with Crippen LogP contribution in [-0.4, -0.2) is 23.6 Å². The van der Waals surface area contributed by atoms with Crippen LogP contribution in [-0.2, 0) is 0 Å². The summed E-state index contributed by atoms with van der Waals surface area (Å²) in [6.07, 6.45) is 0. The molecule has 9 heavy (non-hydrogen) atoms. The minimum absolute atomic E-state index is 0.0588. The Morgan fingerprint density at radius 1 is 1.22 bits per heavy atom. The molecule has 56 valence electrons. The molecule has 0 aliphatic carbocycles. The van der Waals surface area contributed by atoms with E-state index in [0.717, 1.165) is 0 Å². The van der Waals surface area contributed by atoms with Crippen molar-refractivity contribution in [2.24, 2.45) is 0 Å². The van der Waals surface area contributed by atoms with Crippen molar-refractivity contribution < 1.29 is 22.7 Å². The van der Waals surface area contributed by atoms with E-state index in [2.05, 4.69) is 0 Å². The van der Waals surface area contributed by atoms with Crippen molar-refractivity contribution in [3.63, 3.8) is 0 Å². The Hall–Kier alpha value is -0.320. The molecule has 0 aliphatic heterocycles. The number of aliphatic hydroxyl groups is 1. The van der Waals surface area contributed by atoms with Crippen molar-refractivity contribution in [2.75, 3.05) is 6.61 Å². The highest BCUT2D eigenvalue weighted by Crippen LogP contribution is 2.32. The third kappa shape index (κ3) is 1.82. The number of hydrogen-bond acceptors (Lipinski definition) is 1. The first-order chi connectivity index (χ1) is 3.81. The molecule has 0 aromatic rings. The van der Waals surface area contributed by atoms with Crippen LogP contribution < -0.4 is 0 Å². The Kier molecular flexibility index (Phi) is 2.06. The summed E-state index contributed by atoms with van der Waals surface area (Å²) in [5.41, 5.74) is 0. The van der Waals surface area contributed by atoms with Crippen molar-refractivity contribution >= 4 is 0 Å². The first-order valence-corrected chi connectivity index (χ1v) is 2.18. The van der Waals surface area contributed by atoms with Crippen LogP contribution in [0.5, 0.6) is 0 Å². The van der Waals surface area contributed by atoms with E-state index in [9.17, 15) is 17.6 Å². The van der Waals surface area contributed by atoms with Gasteiger partial charge in [-0.1, -0.05) is 0 Å². The second-order valence-corrected chi connectivity index (χ2v) is 1.75. The fourth-order valence-electron chi connectivity index (χ4n) is 0.139. The Morgan fingerprint density at radius 2 is 1.56 bits per heavy atom. The van der Waals surface area contributed by atoms with Gasteiger partial charge in [0.25, 0.3) is 0 Å². The van der Waals surface area contributed by atoms with Crippen LogP contribution in [0.4, 0.5) is 17.6 Å². The molecular formula is C4H6F4O. The molecule has 0 radical (unpaired) electrons. The molecule has 0 saturated heterocycles. The van der Waals surface area contributed by atoms with E-state index < -0.39 is 18.5 Å².